The second kappa shape index (κ2) is 5.18. The zero-order valence-corrected chi connectivity index (χ0v) is 11.1. The van der Waals surface area contributed by atoms with Gasteiger partial charge in [0.2, 0.25) is 0 Å². The Morgan fingerprint density at radius 1 is 1.29 bits per heavy atom. The van der Waals surface area contributed by atoms with E-state index < -0.39 is 18.0 Å². The molecule has 0 aliphatic heterocycles. The second-order valence-electron chi connectivity index (χ2n) is 5.24. The molecule has 2 aromatic rings. The van der Waals surface area contributed by atoms with Crippen LogP contribution in [0.3, 0.4) is 0 Å². The summed E-state index contributed by atoms with van der Waals surface area (Å²) in [5, 5.41) is 16.5. The number of nitrogens with one attached hydrogen (secondary N) is 1. The number of halogens is 3. The average Bonchev–Trinajstić information content (AvgIpc) is 2.86. The lowest BCUT2D eigenvalue weighted by atomic mass is 9.92. The van der Waals surface area contributed by atoms with E-state index in [4.69, 9.17) is 0 Å². The van der Waals surface area contributed by atoms with Crippen molar-refractivity contribution in [1.29, 1.82) is 0 Å². The number of anilines is 1. The number of rotatable bonds is 2. The Bertz CT molecular complexity index is 640. The van der Waals surface area contributed by atoms with Gasteiger partial charge < -0.3 is 10.4 Å². The summed E-state index contributed by atoms with van der Waals surface area (Å²) in [6.07, 6.45) is 1.15. The summed E-state index contributed by atoms with van der Waals surface area (Å²) >= 11 is 0. The summed E-state index contributed by atoms with van der Waals surface area (Å²) in [5.74, 6) is 0.312. The standard InChI is InChI=1S/C13H15F3N4O/c14-13(15,16)11-7-9-12(17-5-6-20(9)19-11)18-8-3-1-2-4-10(8)21/h5-8,10,21H,1-4H2,(H,17,18). The Labute approximate surface area is 118 Å². The fourth-order valence-electron chi connectivity index (χ4n) is 2.63. The molecule has 2 N–H and O–H groups in total. The highest BCUT2D eigenvalue weighted by Gasteiger charge is 2.34. The number of hydrogen-bond donors (Lipinski definition) is 2. The molecular formula is C13H15F3N4O. The first-order chi connectivity index (χ1) is 9.95. The predicted octanol–water partition coefficient (Wildman–Crippen LogP) is 2.46. The van der Waals surface area contributed by atoms with Gasteiger partial charge in [0.1, 0.15) is 5.52 Å². The average molecular weight is 300 g/mol. The molecule has 0 saturated heterocycles. The minimum absolute atomic E-state index is 0.193. The molecule has 2 atom stereocenters. The molecule has 114 valence electrons. The molecule has 1 fully saturated rings. The molecule has 0 bridgehead atoms. The van der Waals surface area contributed by atoms with E-state index in [0.717, 1.165) is 29.8 Å². The molecule has 0 radical (unpaired) electrons. The summed E-state index contributed by atoms with van der Waals surface area (Å²) in [4.78, 5) is 4.08. The largest absolute Gasteiger partial charge is 0.435 e. The lowest BCUT2D eigenvalue weighted by molar-refractivity contribution is -0.141. The van der Waals surface area contributed by atoms with Gasteiger partial charge in [0.05, 0.1) is 12.1 Å². The van der Waals surface area contributed by atoms with Gasteiger partial charge in [-0.3, -0.25) is 0 Å². The number of nitrogens with zero attached hydrogens (tertiary/aromatic N) is 3. The Hall–Kier alpha value is -1.83. The number of fused-ring (bicyclic) bond motifs is 1. The highest BCUT2D eigenvalue weighted by molar-refractivity contribution is 5.68. The van der Waals surface area contributed by atoms with E-state index in [1.165, 1.54) is 12.4 Å². The minimum Gasteiger partial charge on any atom is -0.391 e. The van der Waals surface area contributed by atoms with Gasteiger partial charge in [-0.25, -0.2) is 9.50 Å². The third-order valence-corrected chi connectivity index (χ3v) is 3.73. The van der Waals surface area contributed by atoms with E-state index in [0.29, 0.717) is 12.2 Å². The van der Waals surface area contributed by atoms with E-state index >= 15 is 0 Å². The van der Waals surface area contributed by atoms with Crippen LogP contribution in [-0.2, 0) is 6.18 Å². The van der Waals surface area contributed by atoms with E-state index in [1.54, 1.807) is 0 Å². The zero-order valence-electron chi connectivity index (χ0n) is 11.1. The van der Waals surface area contributed by atoms with Gasteiger partial charge >= 0.3 is 6.18 Å². The van der Waals surface area contributed by atoms with Crippen molar-refractivity contribution in [1.82, 2.24) is 14.6 Å². The summed E-state index contributed by atoms with van der Waals surface area (Å²) in [6, 6.07) is 0.770. The van der Waals surface area contributed by atoms with Crippen molar-refractivity contribution >= 4 is 11.3 Å². The quantitative estimate of drug-likeness (QED) is 0.894. The lowest BCUT2D eigenvalue weighted by Crippen LogP contribution is -2.36. The zero-order chi connectivity index (χ0) is 15.0. The van der Waals surface area contributed by atoms with Gasteiger partial charge in [-0.1, -0.05) is 12.8 Å². The molecule has 21 heavy (non-hydrogen) atoms. The summed E-state index contributed by atoms with van der Waals surface area (Å²) in [5.41, 5.74) is -0.703. The van der Waals surface area contributed by atoms with Crippen LogP contribution >= 0.6 is 0 Å². The van der Waals surface area contributed by atoms with Crippen LogP contribution in [0.25, 0.3) is 5.52 Å². The van der Waals surface area contributed by atoms with Gasteiger partial charge in [-0.05, 0) is 12.8 Å². The summed E-state index contributed by atoms with van der Waals surface area (Å²) in [7, 11) is 0. The highest BCUT2D eigenvalue weighted by atomic mass is 19.4. The van der Waals surface area contributed by atoms with Crippen molar-refractivity contribution in [3.8, 4) is 0 Å². The molecule has 3 rings (SSSR count). The Morgan fingerprint density at radius 2 is 2.05 bits per heavy atom. The van der Waals surface area contributed by atoms with Crippen LogP contribution in [0.2, 0.25) is 0 Å². The molecule has 5 nitrogen and oxygen atoms in total. The monoisotopic (exact) mass is 300 g/mol. The van der Waals surface area contributed by atoms with E-state index in [9.17, 15) is 18.3 Å². The third kappa shape index (κ3) is 2.80. The molecule has 1 saturated carbocycles. The Morgan fingerprint density at radius 3 is 2.76 bits per heavy atom. The number of aliphatic hydroxyl groups is 1. The Balaban J connectivity index is 1.93. The van der Waals surface area contributed by atoms with Crippen LogP contribution in [0.1, 0.15) is 31.4 Å². The maximum Gasteiger partial charge on any atom is 0.435 e. The first kappa shape index (κ1) is 14.1. The second-order valence-corrected chi connectivity index (χ2v) is 5.24. The topological polar surface area (TPSA) is 62.5 Å². The van der Waals surface area contributed by atoms with Crippen LogP contribution < -0.4 is 5.32 Å². The normalized spacial score (nSPS) is 23.4. The lowest BCUT2D eigenvalue weighted by Gasteiger charge is -2.28. The van der Waals surface area contributed by atoms with Gasteiger partial charge in [-0.2, -0.15) is 18.3 Å². The molecule has 1 aliphatic rings. The smallest absolute Gasteiger partial charge is 0.391 e. The summed E-state index contributed by atoms with van der Waals surface area (Å²) < 4.78 is 39.3. The van der Waals surface area contributed by atoms with Crippen LogP contribution in [0, 0.1) is 0 Å². The molecule has 2 unspecified atom stereocenters. The van der Waals surface area contributed by atoms with E-state index in [1.807, 2.05) is 0 Å². The van der Waals surface area contributed by atoms with Crippen LogP contribution in [0.5, 0.6) is 0 Å². The maximum atomic E-state index is 12.7. The molecule has 0 amide bonds. The molecule has 2 aromatic heterocycles. The van der Waals surface area contributed by atoms with Gasteiger partial charge in [0.15, 0.2) is 11.5 Å². The van der Waals surface area contributed by atoms with Crippen LogP contribution in [0.4, 0.5) is 19.0 Å². The van der Waals surface area contributed by atoms with Crippen molar-refractivity contribution in [3.63, 3.8) is 0 Å². The molecular weight excluding hydrogens is 285 g/mol. The van der Waals surface area contributed by atoms with Crippen molar-refractivity contribution in [2.75, 3.05) is 5.32 Å². The molecule has 0 spiro atoms. The van der Waals surface area contributed by atoms with Crippen molar-refractivity contribution in [2.24, 2.45) is 0 Å². The Kier molecular flexibility index (Phi) is 3.48. The fourth-order valence-corrected chi connectivity index (χ4v) is 2.63. The fraction of sp³-hybridized carbons (Fsp3) is 0.538. The van der Waals surface area contributed by atoms with Gasteiger partial charge in [0, 0.05) is 18.5 Å². The molecule has 8 heteroatoms. The number of aromatic nitrogens is 3. The molecule has 2 heterocycles. The maximum absolute atomic E-state index is 12.7. The molecule has 0 aromatic carbocycles. The number of aliphatic hydroxyl groups excluding tert-OH is 1. The SMILES string of the molecule is OC1CCCCC1Nc1nccn2nc(C(F)(F)F)cc12. The first-order valence-corrected chi connectivity index (χ1v) is 6.81. The van der Waals surface area contributed by atoms with E-state index in [2.05, 4.69) is 15.4 Å². The van der Waals surface area contributed by atoms with Gasteiger partial charge in [0.25, 0.3) is 0 Å². The first-order valence-electron chi connectivity index (χ1n) is 6.81. The van der Waals surface area contributed by atoms with Crippen LogP contribution in [-0.4, -0.2) is 31.9 Å². The van der Waals surface area contributed by atoms with Crippen molar-refractivity contribution < 1.29 is 18.3 Å². The minimum atomic E-state index is -4.49. The number of hydrogen-bond acceptors (Lipinski definition) is 4. The third-order valence-electron chi connectivity index (χ3n) is 3.73. The van der Waals surface area contributed by atoms with Crippen molar-refractivity contribution in [3.05, 3.63) is 24.2 Å². The van der Waals surface area contributed by atoms with Gasteiger partial charge in [-0.15, -0.1) is 0 Å². The predicted molar refractivity (Wildman–Crippen MR) is 69.9 cm³/mol. The van der Waals surface area contributed by atoms with E-state index in [-0.39, 0.29) is 11.6 Å². The van der Waals surface area contributed by atoms with Crippen LogP contribution in [0.15, 0.2) is 18.5 Å². The highest BCUT2D eigenvalue weighted by Crippen LogP contribution is 2.30. The van der Waals surface area contributed by atoms with Crippen molar-refractivity contribution in [2.45, 2.75) is 44.0 Å². The molecule has 1 aliphatic carbocycles. The summed E-state index contributed by atoms with van der Waals surface area (Å²) in [6.45, 7) is 0. The number of alkyl halides is 3.